The highest BCUT2D eigenvalue weighted by Crippen LogP contribution is 2.29. The Kier molecular flexibility index (Phi) is 1.96. The van der Waals surface area contributed by atoms with Crippen molar-refractivity contribution in [1.29, 1.82) is 0 Å². The van der Waals surface area contributed by atoms with E-state index in [9.17, 15) is 4.79 Å². The number of pyridine rings is 1. The Morgan fingerprint density at radius 3 is 3.13 bits per heavy atom. The van der Waals surface area contributed by atoms with Gasteiger partial charge in [0.05, 0.1) is 20.1 Å². The van der Waals surface area contributed by atoms with Crippen molar-refractivity contribution in [3.05, 3.63) is 34.2 Å². The average molecular weight is 205 g/mol. The largest absolute Gasteiger partial charge is 0.337 e. The molecule has 80 valence electrons. The monoisotopic (exact) mass is 205 g/mol. The van der Waals surface area contributed by atoms with Crippen molar-refractivity contribution in [2.75, 3.05) is 20.1 Å². The average Bonchev–Trinajstić information content (AvgIpc) is 2.19. The fraction of sp³-hybridized carbons (Fsp3) is 0.583. The zero-order valence-corrected chi connectivity index (χ0v) is 9.07. The lowest BCUT2D eigenvalue weighted by Gasteiger charge is -2.38. The first-order valence-electron chi connectivity index (χ1n) is 5.75. The summed E-state index contributed by atoms with van der Waals surface area (Å²) in [4.78, 5) is 13.3. The fourth-order valence-electron chi connectivity index (χ4n) is 3.28. The van der Waals surface area contributed by atoms with E-state index in [0.29, 0.717) is 11.8 Å². The lowest BCUT2D eigenvalue weighted by Crippen LogP contribution is -3.11. The van der Waals surface area contributed by atoms with Crippen LogP contribution in [-0.4, -0.2) is 24.7 Å². The molecule has 0 aromatic carbocycles. The van der Waals surface area contributed by atoms with Gasteiger partial charge >= 0.3 is 0 Å². The third-order valence-corrected chi connectivity index (χ3v) is 3.79. The van der Waals surface area contributed by atoms with Crippen molar-refractivity contribution >= 4 is 0 Å². The Morgan fingerprint density at radius 2 is 2.27 bits per heavy atom. The van der Waals surface area contributed by atoms with Crippen LogP contribution in [0.3, 0.4) is 0 Å². The molecule has 3 atom stereocenters. The van der Waals surface area contributed by atoms with Crippen molar-refractivity contribution in [3.63, 3.8) is 0 Å². The Balaban J connectivity index is 2.10. The number of piperidine rings is 1. The molecule has 3 nitrogen and oxygen atoms in total. The van der Waals surface area contributed by atoms with Crippen LogP contribution in [0.1, 0.15) is 18.0 Å². The second-order valence-corrected chi connectivity index (χ2v) is 5.06. The van der Waals surface area contributed by atoms with E-state index in [2.05, 4.69) is 13.1 Å². The minimum Gasteiger partial charge on any atom is -0.337 e. The van der Waals surface area contributed by atoms with Crippen LogP contribution in [0.4, 0.5) is 0 Å². The summed E-state index contributed by atoms with van der Waals surface area (Å²) in [6.07, 6.45) is 1.28. The summed E-state index contributed by atoms with van der Waals surface area (Å²) >= 11 is 0. The molecular formula is C12H17N2O+. The molecule has 2 bridgehead atoms. The van der Waals surface area contributed by atoms with Crippen LogP contribution in [0, 0.1) is 5.92 Å². The zero-order valence-electron chi connectivity index (χ0n) is 9.07. The maximum atomic E-state index is 11.7. The van der Waals surface area contributed by atoms with Gasteiger partial charge in [-0.2, -0.15) is 0 Å². The van der Waals surface area contributed by atoms with Crippen molar-refractivity contribution < 1.29 is 4.90 Å². The Labute approximate surface area is 89.3 Å². The maximum Gasteiger partial charge on any atom is 0.250 e. The minimum absolute atomic E-state index is 0.182. The highest BCUT2D eigenvalue weighted by Gasteiger charge is 2.35. The number of aromatic nitrogens is 1. The molecule has 1 aromatic heterocycles. The van der Waals surface area contributed by atoms with E-state index in [1.807, 2.05) is 10.6 Å². The van der Waals surface area contributed by atoms with Crippen molar-refractivity contribution in [1.82, 2.24) is 4.57 Å². The summed E-state index contributed by atoms with van der Waals surface area (Å²) in [7, 11) is 2.26. The molecule has 3 heteroatoms. The second kappa shape index (κ2) is 3.20. The van der Waals surface area contributed by atoms with Gasteiger partial charge in [-0.3, -0.25) is 4.79 Å². The van der Waals surface area contributed by atoms with E-state index < -0.39 is 0 Å². The molecule has 1 fully saturated rings. The maximum absolute atomic E-state index is 11.7. The SMILES string of the molecule is C[NH+]1C[C@@H]2C[C@H](C1)c1cccc(=O)n1C2. The van der Waals surface area contributed by atoms with Gasteiger partial charge in [-0.1, -0.05) is 6.07 Å². The van der Waals surface area contributed by atoms with Gasteiger partial charge in [0.1, 0.15) is 0 Å². The fourth-order valence-corrected chi connectivity index (χ4v) is 3.28. The van der Waals surface area contributed by atoms with E-state index in [0.717, 1.165) is 6.54 Å². The quantitative estimate of drug-likeness (QED) is 0.606. The number of quaternary nitrogens is 1. The van der Waals surface area contributed by atoms with E-state index in [-0.39, 0.29) is 5.56 Å². The van der Waals surface area contributed by atoms with Crippen LogP contribution in [0.25, 0.3) is 0 Å². The highest BCUT2D eigenvalue weighted by molar-refractivity contribution is 5.15. The van der Waals surface area contributed by atoms with Gasteiger partial charge in [0.15, 0.2) is 0 Å². The van der Waals surface area contributed by atoms with Gasteiger partial charge in [-0.25, -0.2) is 0 Å². The van der Waals surface area contributed by atoms with Gasteiger partial charge in [-0.05, 0) is 12.5 Å². The predicted octanol–water partition coefficient (Wildman–Crippen LogP) is -0.520. The lowest BCUT2D eigenvalue weighted by molar-refractivity contribution is -0.891. The van der Waals surface area contributed by atoms with Crippen LogP contribution in [0.5, 0.6) is 0 Å². The topological polar surface area (TPSA) is 26.4 Å². The van der Waals surface area contributed by atoms with Crippen LogP contribution in [0.2, 0.25) is 0 Å². The molecule has 3 rings (SSSR count). The number of likely N-dealkylation sites (N-methyl/N-ethyl adjacent to an activating group) is 1. The summed E-state index contributed by atoms with van der Waals surface area (Å²) in [5.74, 6) is 1.31. The summed E-state index contributed by atoms with van der Waals surface area (Å²) in [5, 5.41) is 0. The molecule has 1 saturated heterocycles. The normalized spacial score (nSPS) is 33.5. The van der Waals surface area contributed by atoms with Gasteiger partial charge in [0.25, 0.3) is 5.56 Å². The molecule has 1 aromatic rings. The summed E-state index contributed by atoms with van der Waals surface area (Å²) in [6, 6.07) is 5.71. The lowest BCUT2D eigenvalue weighted by atomic mass is 9.83. The molecule has 2 aliphatic rings. The highest BCUT2D eigenvalue weighted by atomic mass is 16.1. The number of hydrogen-bond acceptors (Lipinski definition) is 1. The molecule has 1 N–H and O–H groups in total. The van der Waals surface area contributed by atoms with E-state index in [1.54, 1.807) is 11.0 Å². The summed E-state index contributed by atoms with van der Waals surface area (Å²) < 4.78 is 1.99. The van der Waals surface area contributed by atoms with E-state index in [4.69, 9.17) is 0 Å². The molecular weight excluding hydrogens is 188 g/mol. The third kappa shape index (κ3) is 1.42. The molecule has 3 heterocycles. The van der Waals surface area contributed by atoms with Crippen molar-refractivity contribution in [3.8, 4) is 0 Å². The van der Waals surface area contributed by atoms with Crippen molar-refractivity contribution in [2.24, 2.45) is 5.92 Å². The Hall–Kier alpha value is -1.09. The van der Waals surface area contributed by atoms with E-state index >= 15 is 0 Å². The summed E-state index contributed by atoms with van der Waals surface area (Å²) in [5.41, 5.74) is 1.44. The summed E-state index contributed by atoms with van der Waals surface area (Å²) in [6.45, 7) is 3.33. The van der Waals surface area contributed by atoms with Crippen LogP contribution in [-0.2, 0) is 6.54 Å². The Bertz CT molecular complexity index is 437. The van der Waals surface area contributed by atoms with Crippen LogP contribution >= 0.6 is 0 Å². The van der Waals surface area contributed by atoms with Gasteiger partial charge in [0, 0.05) is 30.1 Å². The van der Waals surface area contributed by atoms with Gasteiger partial charge < -0.3 is 9.47 Å². The van der Waals surface area contributed by atoms with Crippen LogP contribution < -0.4 is 10.5 Å². The number of nitrogens with zero attached hydrogens (tertiary/aromatic N) is 1. The van der Waals surface area contributed by atoms with Crippen molar-refractivity contribution in [2.45, 2.75) is 18.9 Å². The molecule has 0 spiro atoms. The van der Waals surface area contributed by atoms with Gasteiger partial charge in [-0.15, -0.1) is 0 Å². The van der Waals surface area contributed by atoms with Crippen LogP contribution in [0.15, 0.2) is 23.0 Å². The first-order valence-corrected chi connectivity index (χ1v) is 5.75. The molecule has 0 radical (unpaired) electrons. The van der Waals surface area contributed by atoms with Gasteiger partial charge in [0.2, 0.25) is 0 Å². The predicted molar refractivity (Wildman–Crippen MR) is 58.2 cm³/mol. The molecule has 0 amide bonds. The molecule has 1 unspecified atom stereocenters. The molecule has 0 saturated carbocycles. The number of hydrogen-bond donors (Lipinski definition) is 1. The third-order valence-electron chi connectivity index (χ3n) is 3.79. The second-order valence-electron chi connectivity index (χ2n) is 5.06. The molecule has 2 aliphatic heterocycles. The first-order chi connectivity index (χ1) is 7.24. The standard InChI is InChI=1S/C12H16N2O/c1-13-6-9-5-10(8-13)11-3-2-4-12(15)14(11)7-9/h2-4,9-10H,5-8H2,1H3/p+1/t9-,10+/m0/s1. The van der Waals surface area contributed by atoms with E-state index in [1.165, 1.54) is 25.2 Å². The minimum atomic E-state index is 0.182. The Morgan fingerprint density at radius 1 is 1.40 bits per heavy atom. The first kappa shape index (κ1) is 9.16. The number of fused-ring (bicyclic) bond motifs is 4. The molecule has 15 heavy (non-hydrogen) atoms. The number of likely N-dealkylation sites (tertiary alicyclic amines) is 1. The zero-order chi connectivity index (χ0) is 10.4. The number of rotatable bonds is 0. The number of nitrogens with one attached hydrogen (secondary N) is 1. The smallest absolute Gasteiger partial charge is 0.250 e. The molecule has 0 aliphatic carbocycles.